The summed E-state index contributed by atoms with van der Waals surface area (Å²) in [5.74, 6) is -1.000. The van der Waals surface area contributed by atoms with Crippen LogP contribution in [0, 0.1) is 5.41 Å². The molecule has 0 heterocycles. The lowest BCUT2D eigenvalue weighted by molar-refractivity contribution is -0.125. The van der Waals surface area contributed by atoms with Gasteiger partial charge in [-0.1, -0.05) is 32.9 Å². The van der Waals surface area contributed by atoms with Crippen LogP contribution in [0.3, 0.4) is 0 Å². The zero-order chi connectivity index (χ0) is 15.3. The summed E-state index contributed by atoms with van der Waals surface area (Å²) >= 11 is 0. The second kappa shape index (κ2) is 6.45. The van der Waals surface area contributed by atoms with E-state index in [2.05, 4.69) is 10.1 Å². The van der Waals surface area contributed by atoms with Crippen LogP contribution in [-0.2, 0) is 4.79 Å². The number of hydrogen-bond donors (Lipinski definition) is 1. The van der Waals surface area contributed by atoms with Crippen LogP contribution in [0.4, 0.5) is 8.78 Å². The highest BCUT2D eigenvalue weighted by Crippen LogP contribution is 2.20. The summed E-state index contributed by atoms with van der Waals surface area (Å²) in [6.45, 7) is 2.02. The fourth-order valence-corrected chi connectivity index (χ4v) is 1.37. The molecule has 1 rings (SSSR count). The highest BCUT2D eigenvalue weighted by molar-refractivity contribution is 5.99. The molecule has 1 amide bonds. The van der Waals surface area contributed by atoms with Crippen molar-refractivity contribution in [3.8, 4) is 5.75 Å². The molecule has 20 heavy (non-hydrogen) atoms. The second-order valence-corrected chi connectivity index (χ2v) is 5.23. The third-order valence-corrected chi connectivity index (χ3v) is 2.59. The van der Waals surface area contributed by atoms with E-state index in [1.807, 2.05) is 0 Å². The van der Waals surface area contributed by atoms with E-state index in [0.29, 0.717) is 0 Å². The molecule has 1 N–H and O–H groups in total. The number of para-hydroxylation sites is 1. The summed E-state index contributed by atoms with van der Waals surface area (Å²) in [7, 11) is 0. The molecule has 6 heteroatoms. The predicted octanol–water partition coefficient (Wildman–Crippen LogP) is 2.63. The Morgan fingerprint density at radius 3 is 2.40 bits per heavy atom. The van der Waals surface area contributed by atoms with E-state index in [1.165, 1.54) is 24.3 Å². The van der Waals surface area contributed by atoms with Crippen LogP contribution in [0.5, 0.6) is 5.75 Å². The number of ether oxygens (including phenoxy) is 1. The van der Waals surface area contributed by atoms with Gasteiger partial charge in [-0.15, -0.1) is 0 Å². The lowest BCUT2D eigenvalue weighted by Crippen LogP contribution is -2.35. The molecular formula is C14H17F2NO3. The van der Waals surface area contributed by atoms with E-state index in [1.54, 1.807) is 20.8 Å². The maximum atomic E-state index is 12.2. The van der Waals surface area contributed by atoms with Crippen molar-refractivity contribution in [1.82, 2.24) is 5.32 Å². The van der Waals surface area contributed by atoms with Crippen LogP contribution in [0.15, 0.2) is 24.3 Å². The van der Waals surface area contributed by atoms with Gasteiger partial charge in [0, 0.05) is 5.41 Å². The summed E-state index contributed by atoms with van der Waals surface area (Å²) < 4.78 is 28.7. The molecular weight excluding hydrogens is 268 g/mol. The van der Waals surface area contributed by atoms with Crippen LogP contribution < -0.4 is 10.1 Å². The summed E-state index contributed by atoms with van der Waals surface area (Å²) in [6, 6.07) is 5.63. The molecule has 0 bridgehead atoms. The summed E-state index contributed by atoms with van der Waals surface area (Å²) in [4.78, 5) is 23.6. The van der Waals surface area contributed by atoms with Gasteiger partial charge in [0.05, 0.1) is 12.1 Å². The number of amides is 1. The number of rotatable bonds is 5. The van der Waals surface area contributed by atoms with Crippen LogP contribution in [-0.4, -0.2) is 24.8 Å². The average Bonchev–Trinajstić information content (AvgIpc) is 2.34. The molecule has 0 atom stereocenters. The van der Waals surface area contributed by atoms with Crippen molar-refractivity contribution in [2.45, 2.75) is 27.4 Å². The van der Waals surface area contributed by atoms with Gasteiger partial charge in [-0.3, -0.25) is 9.59 Å². The first-order valence-corrected chi connectivity index (χ1v) is 6.07. The van der Waals surface area contributed by atoms with Crippen molar-refractivity contribution < 1.29 is 23.1 Å². The molecule has 1 aromatic carbocycles. The monoisotopic (exact) mass is 285 g/mol. The Bertz CT molecular complexity index is 495. The van der Waals surface area contributed by atoms with E-state index in [9.17, 15) is 18.4 Å². The quantitative estimate of drug-likeness (QED) is 0.904. The SMILES string of the molecule is CC(C)(C)C(=O)CNC(=O)c1ccccc1OC(F)F. The number of Topliss-reactive ketones (excluding diaryl/α,β-unsaturated/α-hetero) is 1. The molecule has 0 fully saturated rings. The number of halogens is 2. The van der Waals surface area contributed by atoms with Crippen molar-refractivity contribution in [2.24, 2.45) is 5.41 Å². The number of carbonyl (C=O) groups is 2. The molecule has 0 aromatic heterocycles. The third kappa shape index (κ3) is 4.60. The molecule has 0 aliphatic rings. The van der Waals surface area contributed by atoms with Crippen molar-refractivity contribution in [3.05, 3.63) is 29.8 Å². The molecule has 0 aliphatic carbocycles. The predicted molar refractivity (Wildman–Crippen MR) is 69.9 cm³/mol. The van der Waals surface area contributed by atoms with Gasteiger partial charge >= 0.3 is 6.61 Å². The largest absolute Gasteiger partial charge is 0.434 e. The lowest BCUT2D eigenvalue weighted by Gasteiger charge is -2.17. The molecule has 0 saturated heterocycles. The minimum atomic E-state index is -3.01. The zero-order valence-electron chi connectivity index (χ0n) is 11.6. The first-order valence-electron chi connectivity index (χ1n) is 6.07. The minimum Gasteiger partial charge on any atom is -0.434 e. The third-order valence-electron chi connectivity index (χ3n) is 2.59. The highest BCUT2D eigenvalue weighted by atomic mass is 19.3. The molecule has 1 aromatic rings. The topological polar surface area (TPSA) is 55.4 Å². The van der Waals surface area contributed by atoms with Crippen LogP contribution in [0.25, 0.3) is 0 Å². The van der Waals surface area contributed by atoms with Gasteiger partial charge in [-0.25, -0.2) is 0 Å². The van der Waals surface area contributed by atoms with Crippen molar-refractivity contribution in [1.29, 1.82) is 0 Å². The normalized spacial score (nSPS) is 11.3. The first-order chi connectivity index (χ1) is 9.21. The van der Waals surface area contributed by atoms with E-state index >= 15 is 0 Å². The molecule has 0 spiro atoms. The van der Waals surface area contributed by atoms with Gasteiger partial charge in [0.25, 0.3) is 5.91 Å². The van der Waals surface area contributed by atoms with Gasteiger partial charge in [0.15, 0.2) is 5.78 Å². The van der Waals surface area contributed by atoms with E-state index in [4.69, 9.17) is 0 Å². The van der Waals surface area contributed by atoms with Crippen molar-refractivity contribution >= 4 is 11.7 Å². The van der Waals surface area contributed by atoms with Gasteiger partial charge in [-0.05, 0) is 12.1 Å². The van der Waals surface area contributed by atoms with Gasteiger partial charge in [0.1, 0.15) is 5.75 Å². The fourth-order valence-electron chi connectivity index (χ4n) is 1.37. The lowest BCUT2D eigenvalue weighted by atomic mass is 9.91. The Kier molecular flexibility index (Phi) is 5.19. The Hall–Kier alpha value is -1.98. The number of hydrogen-bond acceptors (Lipinski definition) is 3. The second-order valence-electron chi connectivity index (χ2n) is 5.23. The Balaban J connectivity index is 2.76. The summed E-state index contributed by atoms with van der Waals surface area (Å²) in [6.07, 6.45) is 0. The number of alkyl halides is 2. The zero-order valence-corrected chi connectivity index (χ0v) is 11.6. The molecule has 110 valence electrons. The summed E-state index contributed by atoms with van der Waals surface area (Å²) in [5, 5.41) is 2.41. The van der Waals surface area contributed by atoms with Gasteiger partial charge in [0.2, 0.25) is 0 Å². The number of nitrogens with one attached hydrogen (secondary N) is 1. The highest BCUT2D eigenvalue weighted by Gasteiger charge is 2.22. The Morgan fingerprint density at radius 2 is 1.85 bits per heavy atom. The molecule has 0 radical (unpaired) electrons. The first kappa shape index (κ1) is 16.1. The summed E-state index contributed by atoms with van der Waals surface area (Å²) in [5.41, 5.74) is -0.610. The maximum Gasteiger partial charge on any atom is 0.387 e. The Labute approximate surface area is 116 Å². The smallest absolute Gasteiger partial charge is 0.387 e. The fraction of sp³-hybridized carbons (Fsp3) is 0.429. The van der Waals surface area contributed by atoms with E-state index in [-0.39, 0.29) is 23.6 Å². The van der Waals surface area contributed by atoms with Gasteiger partial charge in [-0.2, -0.15) is 8.78 Å². The van der Waals surface area contributed by atoms with Crippen LogP contribution in [0.2, 0.25) is 0 Å². The van der Waals surface area contributed by atoms with E-state index in [0.717, 1.165) is 0 Å². The van der Waals surface area contributed by atoms with E-state index < -0.39 is 17.9 Å². The van der Waals surface area contributed by atoms with Crippen molar-refractivity contribution in [3.63, 3.8) is 0 Å². The Morgan fingerprint density at radius 1 is 1.25 bits per heavy atom. The van der Waals surface area contributed by atoms with Crippen LogP contribution >= 0.6 is 0 Å². The average molecular weight is 285 g/mol. The molecule has 0 aliphatic heterocycles. The number of ketones is 1. The minimum absolute atomic E-state index is 0.0329. The van der Waals surface area contributed by atoms with Crippen molar-refractivity contribution in [2.75, 3.05) is 6.54 Å². The molecule has 4 nitrogen and oxygen atoms in total. The number of carbonyl (C=O) groups excluding carboxylic acids is 2. The molecule has 0 saturated carbocycles. The van der Waals surface area contributed by atoms with Gasteiger partial charge < -0.3 is 10.1 Å². The molecule has 0 unspecified atom stereocenters. The van der Waals surface area contributed by atoms with Crippen LogP contribution in [0.1, 0.15) is 31.1 Å². The maximum absolute atomic E-state index is 12.2. The number of benzene rings is 1. The standard InChI is InChI=1S/C14H17F2NO3/c1-14(2,3)11(18)8-17-12(19)9-6-4-5-7-10(9)20-13(15)16/h4-7,13H,8H2,1-3H3,(H,17,19).